The standard InChI is InChI=1S/C23H32O2/c1-5-22-11-9-18-17-8-7-16(25-4)14-19(17)15(3)13-20(18)21(22)10-12-23(22,24)6-2/h2,7,15,18,20-21,24H,5,8-14H2,1,3-4H3/t15?,18-,20-,21+,22?,23+/m1/s1. The van der Waals surface area contributed by atoms with Crippen molar-refractivity contribution in [2.24, 2.45) is 29.1 Å². The minimum atomic E-state index is -0.884. The zero-order chi connectivity index (χ0) is 17.8. The van der Waals surface area contributed by atoms with E-state index in [9.17, 15) is 5.11 Å². The summed E-state index contributed by atoms with van der Waals surface area (Å²) in [6.07, 6.45) is 16.6. The molecule has 0 aromatic heterocycles. The molecule has 6 atom stereocenters. The van der Waals surface area contributed by atoms with Crippen LogP contribution >= 0.6 is 0 Å². The molecule has 0 heterocycles. The van der Waals surface area contributed by atoms with E-state index in [0.717, 1.165) is 44.3 Å². The number of hydrogen-bond acceptors (Lipinski definition) is 2. The topological polar surface area (TPSA) is 29.5 Å². The second kappa shape index (κ2) is 5.92. The minimum absolute atomic E-state index is 0.0527. The van der Waals surface area contributed by atoms with E-state index in [1.165, 1.54) is 12.8 Å². The van der Waals surface area contributed by atoms with Gasteiger partial charge in [0.05, 0.1) is 12.9 Å². The summed E-state index contributed by atoms with van der Waals surface area (Å²) >= 11 is 0. The van der Waals surface area contributed by atoms with Gasteiger partial charge in [0.1, 0.15) is 5.60 Å². The predicted molar refractivity (Wildman–Crippen MR) is 101 cm³/mol. The van der Waals surface area contributed by atoms with Gasteiger partial charge in [-0.05, 0) is 74.7 Å². The molecule has 1 N–H and O–H groups in total. The van der Waals surface area contributed by atoms with Gasteiger partial charge >= 0.3 is 0 Å². The third-order valence-electron chi connectivity index (χ3n) is 8.41. The van der Waals surface area contributed by atoms with Crippen LogP contribution in [-0.2, 0) is 4.74 Å². The molecule has 4 aliphatic carbocycles. The maximum absolute atomic E-state index is 11.2. The second-order valence-electron chi connectivity index (χ2n) is 8.91. The molecule has 0 aliphatic heterocycles. The van der Waals surface area contributed by atoms with Crippen LogP contribution in [-0.4, -0.2) is 17.8 Å². The van der Waals surface area contributed by atoms with Crippen molar-refractivity contribution in [2.45, 2.75) is 70.8 Å². The lowest BCUT2D eigenvalue weighted by atomic mass is 9.50. The zero-order valence-electron chi connectivity index (χ0n) is 16.0. The molecule has 4 rings (SSSR count). The fraction of sp³-hybridized carbons (Fsp3) is 0.739. The van der Waals surface area contributed by atoms with Gasteiger partial charge in [-0.25, -0.2) is 0 Å². The second-order valence-corrected chi connectivity index (χ2v) is 8.91. The SMILES string of the molecule is C#C[C@]1(O)CC[C@H]2[C@@H]3CC(C)C4=C(CC=C(OC)C4)[C@H]3CCC21CC. The van der Waals surface area contributed by atoms with Gasteiger partial charge in [0, 0.05) is 11.8 Å². The van der Waals surface area contributed by atoms with Crippen LogP contribution in [0.25, 0.3) is 0 Å². The van der Waals surface area contributed by atoms with Gasteiger partial charge in [0.15, 0.2) is 0 Å². The molecular formula is C23H32O2. The van der Waals surface area contributed by atoms with E-state index in [1.807, 2.05) is 0 Å². The lowest BCUT2D eigenvalue weighted by molar-refractivity contribution is -0.0877. The summed E-state index contributed by atoms with van der Waals surface area (Å²) in [5.41, 5.74) is 2.41. The van der Waals surface area contributed by atoms with Gasteiger partial charge < -0.3 is 9.84 Å². The smallest absolute Gasteiger partial charge is 0.131 e. The summed E-state index contributed by atoms with van der Waals surface area (Å²) in [5, 5.41) is 11.2. The van der Waals surface area contributed by atoms with Crippen LogP contribution in [0.2, 0.25) is 0 Å². The van der Waals surface area contributed by atoms with Gasteiger partial charge in [-0.2, -0.15) is 0 Å². The highest BCUT2D eigenvalue weighted by Crippen LogP contribution is 2.66. The zero-order valence-corrected chi connectivity index (χ0v) is 16.0. The minimum Gasteiger partial charge on any atom is -0.501 e. The summed E-state index contributed by atoms with van der Waals surface area (Å²) in [6, 6.07) is 0. The normalized spacial score (nSPS) is 45.8. The van der Waals surface area contributed by atoms with Gasteiger partial charge in [-0.3, -0.25) is 0 Å². The number of allylic oxidation sites excluding steroid dienone is 3. The molecule has 2 heteroatoms. The van der Waals surface area contributed by atoms with Crippen molar-refractivity contribution in [1.82, 2.24) is 0 Å². The van der Waals surface area contributed by atoms with E-state index < -0.39 is 5.60 Å². The largest absolute Gasteiger partial charge is 0.501 e. The van der Waals surface area contributed by atoms with Crippen LogP contribution in [0.1, 0.15) is 65.2 Å². The van der Waals surface area contributed by atoms with Gasteiger partial charge in [-0.1, -0.05) is 30.9 Å². The van der Waals surface area contributed by atoms with E-state index in [4.69, 9.17) is 11.2 Å². The van der Waals surface area contributed by atoms with Gasteiger partial charge in [-0.15, -0.1) is 6.42 Å². The first kappa shape index (κ1) is 17.2. The van der Waals surface area contributed by atoms with E-state index in [0.29, 0.717) is 23.7 Å². The number of methoxy groups -OCH3 is 1. The molecule has 2 nitrogen and oxygen atoms in total. The molecule has 0 radical (unpaired) electrons. The first-order chi connectivity index (χ1) is 12.0. The summed E-state index contributed by atoms with van der Waals surface area (Å²) < 4.78 is 5.54. The molecule has 2 saturated carbocycles. The average molecular weight is 341 g/mol. The Labute approximate surface area is 152 Å². The maximum Gasteiger partial charge on any atom is 0.131 e. The molecule has 2 fully saturated rings. The van der Waals surface area contributed by atoms with Crippen molar-refractivity contribution in [3.63, 3.8) is 0 Å². The summed E-state index contributed by atoms with van der Waals surface area (Å²) in [5.74, 6) is 6.58. The van der Waals surface area contributed by atoms with E-state index in [1.54, 1.807) is 18.3 Å². The van der Waals surface area contributed by atoms with Crippen molar-refractivity contribution >= 4 is 0 Å². The Morgan fingerprint density at radius 1 is 1.32 bits per heavy atom. The molecule has 4 aliphatic rings. The molecule has 25 heavy (non-hydrogen) atoms. The Hall–Kier alpha value is -1.20. The average Bonchev–Trinajstić information content (AvgIpc) is 2.95. The van der Waals surface area contributed by atoms with E-state index >= 15 is 0 Å². The Bertz CT molecular complexity index is 666. The quantitative estimate of drug-likeness (QED) is 0.575. The van der Waals surface area contributed by atoms with Crippen LogP contribution in [0.15, 0.2) is 23.0 Å². The fourth-order valence-electron chi connectivity index (χ4n) is 7.14. The highest BCUT2D eigenvalue weighted by molar-refractivity contribution is 5.35. The Balaban J connectivity index is 1.69. The lowest BCUT2D eigenvalue weighted by Gasteiger charge is -2.55. The molecule has 136 valence electrons. The van der Waals surface area contributed by atoms with Crippen molar-refractivity contribution in [2.75, 3.05) is 7.11 Å². The first-order valence-electron chi connectivity index (χ1n) is 10.1. The number of rotatable bonds is 2. The number of terminal acetylenes is 1. The van der Waals surface area contributed by atoms with Crippen molar-refractivity contribution < 1.29 is 9.84 Å². The first-order valence-corrected chi connectivity index (χ1v) is 10.1. The van der Waals surface area contributed by atoms with Crippen LogP contribution in [0.3, 0.4) is 0 Å². The number of hydrogen-bond donors (Lipinski definition) is 1. The third-order valence-corrected chi connectivity index (χ3v) is 8.41. The molecule has 0 bridgehead atoms. The van der Waals surface area contributed by atoms with Crippen molar-refractivity contribution in [1.29, 1.82) is 0 Å². The predicted octanol–water partition coefficient (Wildman–Crippen LogP) is 4.84. The van der Waals surface area contributed by atoms with E-state index in [-0.39, 0.29) is 5.41 Å². The van der Waals surface area contributed by atoms with Crippen molar-refractivity contribution in [3.05, 3.63) is 23.0 Å². The maximum atomic E-state index is 11.2. The van der Waals surface area contributed by atoms with Crippen LogP contribution in [0.5, 0.6) is 0 Å². The fourth-order valence-corrected chi connectivity index (χ4v) is 7.14. The number of aliphatic hydroxyl groups is 1. The van der Waals surface area contributed by atoms with E-state index in [2.05, 4.69) is 25.8 Å². The summed E-state index contributed by atoms with van der Waals surface area (Å²) in [4.78, 5) is 0. The Kier molecular flexibility index (Phi) is 4.08. The van der Waals surface area contributed by atoms with Crippen LogP contribution in [0, 0.1) is 41.4 Å². The highest BCUT2D eigenvalue weighted by Gasteiger charge is 2.63. The molecule has 0 amide bonds. The summed E-state index contributed by atoms with van der Waals surface area (Å²) in [6.45, 7) is 4.64. The monoisotopic (exact) mass is 340 g/mol. The molecule has 0 saturated heterocycles. The third kappa shape index (κ3) is 2.21. The molecule has 2 unspecified atom stereocenters. The lowest BCUT2D eigenvalue weighted by Crippen LogP contribution is -2.52. The van der Waals surface area contributed by atoms with Crippen molar-refractivity contribution in [3.8, 4) is 12.3 Å². The van der Waals surface area contributed by atoms with Crippen LogP contribution in [0.4, 0.5) is 0 Å². The number of ether oxygens (including phenoxy) is 1. The molecular weight excluding hydrogens is 308 g/mol. The number of fused-ring (bicyclic) bond motifs is 4. The highest BCUT2D eigenvalue weighted by atomic mass is 16.5. The van der Waals surface area contributed by atoms with Gasteiger partial charge in [0.2, 0.25) is 0 Å². The Morgan fingerprint density at radius 3 is 2.80 bits per heavy atom. The summed E-state index contributed by atoms with van der Waals surface area (Å²) in [7, 11) is 1.79. The molecule has 0 aromatic carbocycles. The molecule has 0 aromatic rings. The van der Waals surface area contributed by atoms with Gasteiger partial charge in [0.25, 0.3) is 0 Å². The molecule has 0 spiro atoms. The van der Waals surface area contributed by atoms with Crippen LogP contribution < -0.4 is 0 Å². The Morgan fingerprint density at radius 2 is 2.12 bits per heavy atom.